The lowest BCUT2D eigenvalue weighted by Gasteiger charge is -2.10. The van der Waals surface area contributed by atoms with Gasteiger partial charge < -0.3 is 5.32 Å². The maximum Gasteiger partial charge on any atom is 0.223 e. The molecule has 88 valence electrons. The molecule has 1 amide bonds. The number of carbonyl (C=O) groups excluding carboxylic acids is 1. The summed E-state index contributed by atoms with van der Waals surface area (Å²) < 4.78 is 0. The Kier molecular flexibility index (Phi) is 3.59. The molecule has 1 aromatic rings. The Hall–Kier alpha value is -0.900. The monoisotopic (exact) mass is 238 g/mol. The molecule has 2 rings (SSSR count). The van der Waals surface area contributed by atoms with Gasteiger partial charge in [0, 0.05) is 24.3 Å². The van der Waals surface area contributed by atoms with Crippen LogP contribution in [-0.4, -0.2) is 17.4 Å². The van der Waals surface area contributed by atoms with E-state index in [0.29, 0.717) is 12.5 Å². The third-order valence-corrected chi connectivity index (χ3v) is 3.91. The van der Waals surface area contributed by atoms with Gasteiger partial charge in [-0.15, -0.1) is 11.3 Å². The molecule has 0 aromatic carbocycles. The molecule has 1 saturated carbocycles. The van der Waals surface area contributed by atoms with Crippen molar-refractivity contribution in [3.63, 3.8) is 0 Å². The summed E-state index contributed by atoms with van der Waals surface area (Å²) in [6.45, 7) is 4.74. The van der Waals surface area contributed by atoms with Crippen molar-refractivity contribution in [2.45, 2.75) is 33.1 Å². The molecular formula is C12H18N2OS. The van der Waals surface area contributed by atoms with E-state index in [1.54, 1.807) is 11.3 Å². The first kappa shape index (κ1) is 11.6. The fourth-order valence-corrected chi connectivity index (χ4v) is 2.46. The van der Waals surface area contributed by atoms with Gasteiger partial charge in [0.15, 0.2) is 0 Å². The smallest absolute Gasteiger partial charge is 0.223 e. The molecule has 1 aliphatic carbocycles. The van der Waals surface area contributed by atoms with E-state index in [1.165, 1.54) is 12.8 Å². The lowest BCUT2D eigenvalue weighted by Crippen LogP contribution is -2.31. The fourth-order valence-electron chi connectivity index (χ4n) is 1.81. The van der Waals surface area contributed by atoms with Crippen LogP contribution in [0.15, 0.2) is 5.38 Å². The molecule has 1 N–H and O–H groups in total. The van der Waals surface area contributed by atoms with Crippen LogP contribution in [0, 0.1) is 18.8 Å². The molecule has 0 spiro atoms. The highest BCUT2D eigenvalue weighted by atomic mass is 32.1. The van der Waals surface area contributed by atoms with Crippen molar-refractivity contribution in [3.8, 4) is 0 Å². The number of hydrogen-bond donors (Lipinski definition) is 1. The van der Waals surface area contributed by atoms with E-state index >= 15 is 0 Å². The Labute approximate surface area is 100 Å². The van der Waals surface area contributed by atoms with Crippen molar-refractivity contribution in [2.75, 3.05) is 6.54 Å². The molecule has 0 bridgehead atoms. The molecule has 16 heavy (non-hydrogen) atoms. The van der Waals surface area contributed by atoms with Crippen molar-refractivity contribution < 1.29 is 4.79 Å². The van der Waals surface area contributed by atoms with Crippen LogP contribution in [0.4, 0.5) is 0 Å². The van der Waals surface area contributed by atoms with Crippen LogP contribution in [0.25, 0.3) is 0 Å². The van der Waals surface area contributed by atoms with Gasteiger partial charge in [-0.3, -0.25) is 4.79 Å². The number of nitrogens with zero attached hydrogens (tertiary/aromatic N) is 1. The first-order chi connectivity index (χ1) is 7.66. The molecule has 0 saturated heterocycles. The zero-order valence-electron chi connectivity index (χ0n) is 9.82. The zero-order valence-corrected chi connectivity index (χ0v) is 10.6. The summed E-state index contributed by atoms with van der Waals surface area (Å²) in [6, 6.07) is 0. The van der Waals surface area contributed by atoms with Crippen LogP contribution in [0.5, 0.6) is 0 Å². The van der Waals surface area contributed by atoms with Gasteiger partial charge >= 0.3 is 0 Å². The Morgan fingerprint density at radius 1 is 1.69 bits per heavy atom. The lowest BCUT2D eigenvalue weighted by atomic mass is 10.1. The standard InChI is InChI=1S/C12H18N2OS/c1-8(10-3-4-10)12(15)13-6-5-11-7-16-9(2)14-11/h7-8,10H,3-6H2,1-2H3,(H,13,15). The minimum Gasteiger partial charge on any atom is -0.355 e. The van der Waals surface area contributed by atoms with Crippen LogP contribution in [-0.2, 0) is 11.2 Å². The highest BCUT2D eigenvalue weighted by molar-refractivity contribution is 7.09. The summed E-state index contributed by atoms with van der Waals surface area (Å²) in [5.74, 6) is 1.04. The third-order valence-electron chi connectivity index (χ3n) is 3.09. The van der Waals surface area contributed by atoms with Gasteiger partial charge in [0.2, 0.25) is 5.91 Å². The van der Waals surface area contributed by atoms with Gasteiger partial charge in [0.25, 0.3) is 0 Å². The third kappa shape index (κ3) is 3.04. The number of aryl methyl sites for hydroxylation is 1. The topological polar surface area (TPSA) is 42.0 Å². The fraction of sp³-hybridized carbons (Fsp3) is 0.667. The summed E-state index contributed by atoms with van der Waals surface area (Å²) in [4.78, 5) is 16.1. The van der Waals surface area contributed by atoms with Crippen LogP contribution >= 0.6 is 11.3 Å². The number of amides is 1. The molecule has 1 heterocycles. The zero-order chi connectivity index (χ0) is 11.5. The molecule has 0 aliphatic heterocycles. The Balaban J connectivity index is 1.69. The van der Waals surface area contributed by atoms with Crippen molar-refractivity contribution in [2.24, 2.45) is 11.8 Å². The van der Waals surface area contributed by atoms with Crippen LogP contribution in [0.1, 0.15) is 30.5 Å². The predicted molar refractivity (Wildman–Crippen MR) is 65.5 cm³/mol. The van der Waals surface area contributed by atoms with E-state index in [0.717, 1.165) is 17.1 Å². The van der Waals surface area contributed by atoms with E-state index in [9.17, 15) is 4.79 Å². The SMILES string of the molecule is Cc1nc(CCNC(=O)C(C)C2CC2)cs1. The van der Waals surface area contributed by atoms with E-state index in [4.69, 9.17) is 0 Å². The number of rotatable bonds is 5. The minimum absolute atomic E-state index is 0.192. The second kappa shape index (κ2) is 4.95. The largest absolute Gasteiger partial charge is 0.355 e. The number of nitrogens with one attached hydrogen (secondary N) is 1. The first-order valence-corrected chi connectivity index (χ1v) is 6.73. The molecule has 0 radical (unpaired) electrons. The van der Waals surface area contributed by atoms with Gasteiger partial charge in [0.05, 0.1) is 10.7 Å². The quantitative estimate of drug-likeness (QED) is 0.854. The van der Waals surface area contributed by atoms with Crippen LogP contribution in [0.2, 0.25) is 0 Å². The number of carbonyl (C=O) groups is 1. The maximum atomic E-state index is 11.7. The number of aromatic nitrogens is 1. The average molecular weight is 238 g/mol. The van der Waals surface area contributed by atoms with E-state index in [1.807, 2.05) is 13.8 Å². The van der Waals surface area contributed by atoms with Crippen molar-refractivity contribution in [1.29, 1.82) is 0 Å². The summed E-state index contributed by atoms with van der Waals surface area (Å²) in [5.41, 5.74) is 1.09. The van der Waals surface area contributed by atoms with Crippen LogP contribution < -0.4 is 5.32 Å². The summed E-state index contributed by atoms with van der Waals surface area (Å²) in [6.07, 6.45) is 3.28. The second-order valence-corrected chi connectivity index (χ2v) is 5.59. The normalized spacial score (nSPS) is 17.1. The Bertz CT molecular complexity index is 371. The predicted octanol–water partition coefficient (Wildman–Crippen LogP) is 2.16. The van der Waals surface area contributed by atoms with Crippen molar-refractivity contribution in [1.82, 2.24) is 10.3 Å². The Morgan fingerprint density at radius 3 is 3.00 bits per heavy atom. The molecule has 1 fully saturated rings. The summed E-state index contributed by atoms with van der Waals surface area (Å²) in [7, 11) is 0. The van der Waals surface area contributed by atoms with Gasteiger partial charge in [-0.25, -0.2) is 4.98 Å². The molecule has 4 heteroatoms. The molecule has 1 aliphatic rings. The van der Waals surface area contributed by atoms with Crippen molar-refractivity contribution in [3.05, 3.63) is 16.1 Å². The van der Waals surface area contributed by atoms with E-state index in [-0.39, 0.29) is 11.8 Å². The molecular weight excluding hydrogens is 220 g/mol. The number of thiazole rings is 1. The van der Waals surface area contributed by atoms with Gasteiger partial charge in [-0.1, -0.05) is 6.92 Å². The van der Waals surface area contributed by atoms with E-state index in [2.05, 4.69) is 15.7 Å². The van der Waals surface area contributed by atoms with Gasteiger partial charge in [-0.05, 0) is 25.7 Å². The van der Waals surface area contributed by atoms with Gasteiger partial charge in [0.1, 0.15) is 0 Å². The lowest BCUT2D eigenvalue weighted by molar-refractivity contribution is -0.125. The van der Waals surface area contributed by atoms with E-state index < -0.39 is 0 Å². The number of hydrogen-bond acceptors (Lipinski definition) is 3. The summed E-state index contributed by atoms with van der Waals surface area (Å²) in [5, 5.41) is 6.14. The average Bonchev–Trinajstić information content (AvgIpc) is 3.02. The highest BCUT2D eigenvalue weighted by Crippen LogP contribution is 2.36. The molecule has 1 atom stereocenters. The minimum atomic E-state index is 0.192. The maximum absolute atomic E-state index is 11.7. The van der Waals surface area contributed by atoms with Gasteiger partial charge in [-0.2, -0.15) is 0 Å². The molecule has 1 aromatic heterocycles. The van der Waals surface area contributed by atoms with Crippen LogP contribution in [0.3, 0.4) is 0 Å². The summed E-state index contributed by atoms with van der Waals surface area (Å²) >= 11 is 1.66. The molecule has 1 unspecified atom stereocenters. The first-order valence-electron chi connectivity index (χ1n) is 5.85. The molecule has 3 nitrogen and oxygen atoms in total. The second-order valence-electron chi connectivity index (χ2n) is 4.52. The van der Waals surface area contributed by atoms with Crippen molar-refractivity contribution >= 4 is 17.2 Å². The highest BCUT2D eigenvalue weighted by Gasteiger charge is 2.32. The Morgan fingerprint density at radius 2 is 2.44 bits per heavy atom.